The van der Waals surface area contributed by atoms with E-state index in [0.717, 1.165) is 11.8 Å². The van der Waals surface area contributed by atoms with Crippen LogP contribution in [-0.4, -0.2) is 32.6 Å². The van der Waals surface area contributed by atoms with Crippen LogP contribution in [0.1, 0.15) is 11.7 Å². The number of fused-ring (bicyclic) bond motifs is 1. The van der Waals surface area contributed by atoms with Crippen LogP contribution in [0.25, 0.3) is 0 Å². The van der Waals surface area contributed by atoms with Gasteiger partial charge < -0.3 is 17.1 Å². The van der Waals surface area contributed by atoms with Gasteiger partial charge in [0.25, 0.3) is 0 Å². The van der Waals surface area contributed by atoms with E-state index in [1.54, 1.807) is 18.2 Å². The molecule has 0 fully saturated rings. The minimum absolute atomic E-state index is 0. The van der Waals surface area contributed by atoms with Gasteiger partial charge in [0.15, 0.2) is 0 Å². The van der Waals surface area contributed by atoms with Crippen molar-refractivity contribution in [2.24, 2.45) is 0 Å². The molecule has 1 aliphatic heterocycles. The van der Waals surface area contributed by atoms with Crippen molar-refractivity contribution < 1.29 is 50.8 Å². The van der Waals surface area contributed by atoms with Crippen molar-refractivity contribution in [3.05, 3.63) is 37.3 Å². The second-order valence-corrected chi connectivity index (χ2v) is 5.81. The second-order valence-electron chi connectivity index (χ2n) is 3.62. The van der Waals surface area contributed by atoms with Crippen molar-refractivity contribution >= 4 is 22.4 Å². The van der Waals surface area contributed by atoms with Gasteiger partial charge in [-0.2, -0.15) is 24.3 Å². The zero-order valence-corrected chi connectivity index (χ0v) is 13.4. The molecule has 1 atom stereocenters. The molecule has 1 aliphatic rings. The minimum Gasteiger partial charge on any atom is -0.434 e. The Balaban J connectivity index is 0.00000128. The average Bonchev–Trinajstić information content (AvgIpc) is 2.42. The third kappa shape index (κ3) is 4.14. The van der Waals surface area contributed by atoms with Gasteiger partial charge in [-0.25, -0.2) is 8.42 Å². The van der Waals surface area contributed by atoms with Crippen LogP contribution in [0.2, 0.25) is 0 Å². The van der Waals surface area contributed by atoms with Crippen molar-refractivity contribution in [1.29, 1.82) is 0 Å². The second kappa shape index (κ2) is 6.43. The van der Waals surface area contributed by atoms with E-state index < -0.39 is 23.1 Å². The summed E-state index contributed by atoms with van der Waals surface area (Å²) in [6.45, 7) is 0. The molecule has 0 amide bonds. The van der Waals surface area contributed by atoms with E-state index in [0.29, 0.717) is 5.46 Å². The fourth-order valence-electron chi connectivity index (χ4n) is 1.67. The Bertz CT molecular complexity index is 477. The topological polar surface area (TPSA) is 63.6 Å². The van der Waals surface area contributed by atoms with Crippen LogP contribution in [0.15, 0.2) is 18.2 Å². The number of benzene rings is 1. The fourth-order valence-corrected chi connectivity index (χ4v) is 2.48. The molecule has 1 aromatic carbocycles. The molecule has 1 radical (unpaired) electrons. The molecule has 91 valence electrons. The van der Waals surface area contributed by atoms with Crippen LogP contribution >= 0.6 is 0 Å². The Hall–Kier alpha value is 0.259. The first-order valence-electron chi connectivity index (χ1n) is 4.48. The minimum atomic E-state index is -3.12. The molecule has 0 bridgehead atoms. The molecule has 0 spiro atoms. The van der Waals surface area contributed by atoms with Gasteiger partial charge >= 0.3 is 7.12 Å². The normalized spacial score (nSPS) is 18.0. The SMILES string of the molecule is CS(=O)(=O)CC1OB(O)c2c[c-]ccc21.[CH3-].[Y]. The van der Waals surface area contributed by atoms with Gasteiger partial charge in [0.1, 0.15) is 9.84 Å². The summed E-state index contributed by atoms with van der Waals surface area (Å²) in [6.07, 6.45) is 0.579. The molecular formula is C10H13BO4SY-2. The smallest absolute Gasteiger partial charge is 0.416 e. The quantitative estimate of drug-likeness (QED) is 0.600. The van der Waals surface area contributed by atoms with Crippen molar-refractivity contribution in [1.82, 2.24) is 0 Å². The van der Waals surface area contributed by atoms with E-state index in [-0.39, 0.29) is 45.9 Å². The standard InChI is InChI=1S/C9H10BO4S.CH3.Y/c1-15(12,13)6-9-7-4-2-3-5-8(7)10(11)14-9;;/h2,4-5,9,11H,6H2,1H3;1H3;/q2*-1;. The molecule has 0 saturated carbocycles. The summed E-state index contributed by atoms with van der Waals surface area (Å²) in [5.41, 5.74) is 1.33. The van der Waals surface area contributed by atoms with Gasteiger partial charge in [-0.05, 0) is 0 Å². The Kier molecular flexibility index (Phi) is 6.53. The third-order valence-electron chi connectivity index (χ3n) is 2.29. The predicted octanol–water partition coefficient (Wildman–Crippen LogP) is -0.262. The van der Waals surface area contributed by atoms with Gasteiger partial charge in [0, 0.05) is 39.0 Å². The summed E-state index contributed by atoms with van der Waals surface area (Å²) in [7, 11) is -4.16. The number of rotatable bonds is 2. The number of sulfone groups is 1. The van der Waals surface area contributed by atoms with Crippen LogP contribution in [0.5, 0.6) is 0 Å². The monoisotopic (exact) mass is 329 g/mol. The maximum absolute atomic E-state index is 11.1. The first-order valence-corrected chi connectivity index (χ1v) is 6.54. The molecule has 0 saturated heterocycles. The number of hydrogen-bond acceptors (Lipinski definition) is 4. The van der Waals surface area contributed by atoms with Gasteiger partial charge in [-0.1, -0.05) is 0 Å². The fraction of sp³-hybridized carbons (Fsp3) is 0.300. The van der Waals surface area contributed by atoms with Gasteiger partial charge in [0.05, 0.1) is 11.9 Å². The first-order chi connectivity index (χ1) is 6.97. The number of hydrogen-bond donors (Lipinski definition) is 1. The largest absolute Gasteiger partial charge is 0.434 e. The molecule has 1 aromatic rings. The summed E-state index contributed by atoms with van der Waals surface area (Å²) < 4.78 is 27.4. The molecular weight excluding hydrogens is 316 g/mol. The zero-order valence-electron chi connectivity index (χ0n) is 9.75. The molecule has 17 heavy (non-hydrogen) atoms. The maximum Gasteiger partial charge on any atom is 0.416 e. The molecule has 1 heterocycles. The zero-order chi connectivity index (χ0) is 11.1. The van der Waals surface area contributed by atoms with E-state index in [1.807, 2.05) is 0 Å². The molecule has 2 rings (SSSR count). The van der Waals surface area contributed by atoms with Gasteiger partial charge in [-0.3, -0.25) is 0 Å². The van der Waals surface area contributed by atoms with Crippen LogP contribution in [0.4, 0.5) is 0 Å². The molecule has 1 N–H and O–H groups in total. The molecule has 0 aliphatic carbocycles. The summed E-state index contributed by atoms with van der Waals surface area (Å²) in [5, 5.41) is 9.51. The summed E-state index contributed by atoms with van der Waals surface area (Å²) in [6, 6.07) is 7.83. The van der Waals surface area contributed by atoms with Crippen molar-refractivity contribution in [2.75, 3.05) is 12.0 Å². The van der Waals surface area contributed by atoms with Crippen LogP contribution in [-0.2, 0) is 47.2 Å². The van der Waals surface area contributed by atoms with Crippen LogP contribution in [0.3, 0.4) is 0 Å². The molecule has 0 aromatic heterocycles. The first kappa shape index (κ1) is 17.3. The van der Waals surface area contributed by atoms with Crippen molar-refractivity contribution in [3.63, 3.8) is 0 Å². The Morgan fingerprint density at radius 1 is 1.59 bits per heavy atom. The predicted molar refractivity (Wildman–Crippen MR) is 62.8 cm³/mol. The third-order valence-corrected chi connectivity index (χ3v) is 3.20. The Morgan fingerprint density at radius 3 is 2.82 bits per heavy atom. The van der Waals surface area contributed by atoms with E-state index in [9.17, 15) is 13.4 Å². The maximum atomic E-state index is 11.1. The van der Waals surface area contributed by atoms with Gasteiger partial charge in [0.2, 0.25) is 0 Å². The van der Waals surface area contributed by atoms with E-state index in [1.165, 1.54) is 0 Å². The van der Waals surface area contributed by atoms with Crippen LogP contribution < -0.4 is 5.46 Å². The molecule has 1 unspecified atom stereocenters. The van der Waals surface area contributed by atoms with E-state index in [4.69, 9.17) is 4.65 Å². The Labute approximate surface area is 128 Å². The summed E-state index contributed by atoms with van der Waals surface area (Å²) >= 11 is 0. The van der Waals surface area contributed by atoms with E-state index >= 15 is 0 Å². The van der Waals surface area contributed by atoms with E-state index in [2.05, 4.69) is 6.07 Å². The summed E-state index contributed by atoms with van der Waals surface area (Å²) in [4.78, 5) is 0. The van der Waals surface area contributed by atoms with Crippen molar-refractivity contribution in [3.8, 4) is 0 Å². The molecule has 4 nitrogen and oxygen atoms in total. The van der Waals surface area contributed by atoms with Gasteiger partial charge in [-0.15, -0.1) is 11.0 Å². The van der Waals surface area contributed by atoms with Crippen LogP contribution in [0, 0.1) is 13.5 Å². The summed E-state index contributed by atoms with van der Waals surface area (Å²) in [5.74, 6) is -0.110. The van der Waals surface area contributed by atoms with Crippen molar-refractivity contribution in [2.45, 2.75) is 6.10 Å². The average molecular weight is 329 g/mol. The molecule has 7 heteroatoms. The Morgan fingerprint density at radius 2 is 2.24 bits per heavy atom.